The van der Waals surface area contributed by atoms with Gasteiger partial charge in [-0.3, -0.25) is 4.90 Å². The molecule has 2 aliphatic rings. The highest BCUT2D eigenvalue weighted by Gasteiger charge is 2.24. The highest BCUT2D eigenvalue weighted by atomic mass is 16.5. The fraction of sp³-hybridized carbons (Fsp3) is 0.524. The van der Waals surface area contributed by atoms with Crippen molar-refractivity contribution < 1.29 is 4.74 Å². The SMILES string of the molecule is Cc1ccc(C)c(CN2CCC(Nc3nccc(N4CCOCC4)n3)C2)c1. The Morgan fingerprint density at radius 3 is 2.85 bits per heavy atom. The number of hydrogen-bond acceptors (Lipinski definition) is 6. The average Bonchev–Trinajstić information content (AvgIpc) is 3.12. The van der Waals surface area contributed by atoms with Crippen molar-refractivity contribution in [3.8, 4) is 0 Å². The lowest BCUT2D eigenvalue weighted by molar-refractivity contribution is 0.122. The molecule has 27 heavy (non-hydrogen) atoms. The molecule has 1 unspecified atom stereocenters. The van der Waals surface area contributed by atoms with Gasteiger partial charge in [0.15, 0.2) is 0 Å². The molecule has 6 heteroatoms. The quantitative estimate of drug-likeness (QED) is 0.877. The van der Waals surface area contributed by atoms with Crippen LogP contribution in [0.1, 0.15) is 23.1 Å². The molecule has 2 fully saturated rings. The van der Waals surface area contributed by atoms with E-state index in [4.69, 9.17) is 9.72 Å². The number of anilines is 2. The van der Waals surface area contributed by atoms with E-state index in [2.05, 4.69) is 52.1 Å². The molecule has 0 bridgehead atoms. The summed E-state index contributed by atoms with van der Waals surface area (Å²) in [7, 11) is 0. The van der Waals surface area contributed by atoms with E-state index in [1.165, 1.54) is 16.7 Å². The van der Waals surface area contributed by atoms with Gasteiger partial charge in [-0.05, 0) is 37.5 Å². The first-order chi connectivity index (χ1) is 13.2. The van der Waals surface area contributed by atoms with Crippen molar-refractivity contribution in [3.63, 3.8) is 0 Å². The third-order valence-electron chi connectivity index (χ3n) is 5.48. The highest BCUT2D eigenvalue weighted by Crippen LogP contribution is 2.20. The number of nitrogens with zero attached hydrogens (tertiary/aromatic N) is 4. The normalized spacial score (nSPS) is 20.8. The van der Waals surface area contributed by atoms with Gasteiger partial charge in [-0.1, -0.05) is 23.8 Å². The number of aryl methyl sites for hydroxylation is 2. The summed E-state index contributed by atoms with van der Waals surface area (Å²) in [5.74, 6) is 1.72. The van der Waals surface area contributed by atoms with E-state index in [-0.39, 0.29) is 0 Å². The van der Waals surface area contributed by atoms with Crippen LogP contribution in [0, 0.1) is 13.8 Å². The lowest BCUT2D eigenvalue weighted by Gasteiger charge is -2.28. The number of likely N-dealkylation sites (tertiary alicyclic amines) is 1. The van der Waals surface area contributed by atoms with Gasteiger partial charge in [-0.25, -0.2) is 4.98 Å². The molecule has 3 heterocycles. The Hall–Kier alpha value is -2.18. The molecule has 0 amide bonds. The first-order valence-electron chi connectivity index (χ1n) is 9.88. The van der Waals surface area contributed by atoms with E-state index in [1.54, 1.807) is 0 Å². The van der Waals surface area contributed by atoms with E-state index in [0.717, 1.165) is 64.1 Å². The van der Waals surface area contributed by atoms with Crippen LogP contribution in [0.15, 0.2) is 30.5 Å². The van der Waals surface area contributed by atoms with Crippen molar-refractivity contribution in [2.75, 3.05) is 49.6 Å². The number of benzene rings is 1. The Morgan fingerprint density at radius 2 is 2.00 bits per heavy atom. The molecular weight excluding hydrogens is 338 g/mol. The number of nitrogens with one attached hydrogen (secondary N) is 1. The Bertz CT molecular complexity index is 775. The molecule has 0 radical (unpaired) electrons. The van der Waals surface area contributed by atoms with Crippen molar-refractivity contribution in [1.82, 2.24) is 14.9 Å². The predicted octanol–water partition coefficient (Wildman–Crippen LogP) is 2.62. The third-order valence-corrected chi connectivity index (χ3v) is 5.48. The van der Waals surface area contributed by atoms with Crippen LogP contribution in [0.25, 0.3) is 0 Å². The first kappa shape index (κ1) is 18.2. The molecule has 1 aromatic carbocycles. The van der Waals surface area contributed by atoms with Gasteiger partial charge in [0.2, 0.25) is 5.95 Å². The first-order valence-corrected chi connectivity index (χ1v) is 9.88. The van der Waals surface area contributed by atoms with Gasteiger partial charge < -0.3 is 15.0 Å². The molecule has 2 aliphatic heterocycles. The van der Waals surface area contributed by atoms with Crippen LogP contribution in [-0.2, 0) is 11.3 Å². The summed E-state index contributed by atoms with van der Waals surface area (Å²) in [6.45, 7) is 10.8. The zero-order valence-electron chi connectivity index (χ0n) is 16.3. The minimum Gasteiger partial charge on any atom is -0.378 e. The van der Waals surface area contributed by atoms with Gasteiger partial charge in [0, 0.05) is 45.0 Å². The molecule has 2 aromatic rings. The van der Waals surface area contributed by atoms with Gasteiger partial charge in [0.1, 0.15) is 5.82 Å². The largest absolute Gasteiger partial charge is 0.378 e. The maximum Gasteiger partial charge on any atom is 0.224 e. The number of morpholine rings is 1. The van der Waals surface area contributed by atoms with Gasteiger partial charge >= 0.3 is 0 Å². The van der Waals surface area contributed by atoms with Gasteiger partial charge in [-0.2, -0.15) is 4.98 Å². The number of rotatable bonds is 5. The summed E-state index contributed by atoms with van der Waals surface area (Å²) < 4.78 is 5.43. The Morgan fingerprint density at radius 1 is 1.15 bits per heavy atom. The minimum absolute atomic E-state index is 0.398. The molecule has 1 N–H and O–H groups in total. The van der Waals surface area contributed by atoms with Crippen molar-refractivity contribution in [2.45, 2.75) is 32.9 Å². The van der Waals surface area contributed by atoms with Crippen LogP contribution >= 0.6 is 0 Å². The Kier molecular flexibility index (Phi) is 5.55. The van der Waals surface area contributed by atoms with Crippen LogP contribution in [0.3, 0.4) is 0 Å². The van der Waals surface area contributed by atoms with E-state index in [0.29, 0.717) is 6.04 Å². The monoisotopic (exact) mass is 367 g/mol. The second-order valence-electron chi connectivity index (χ2n) is 7.63. The van der Waals surface area contributed by atoms with E-state index in [1.807, 2.05) is 12.3 Å². The lowest BCUT2D eigenvalue weighted by Crippen LogP contribution is -2.37. The van der Waals surface area contributed by atoms with Crippen molar-refractivity contribution in [3.05, 3.63) is 47.2 Å². The van der Waals surface area contributed by atoms with Gasteiger partial charge in [-0.15, -0.1) is 0 Å². The standard InChI is InChI=1S/C21H29N5O/c1-16-3-4-17(2)18(13-16)14-25-8-6-19(15-25)23-21-22-7-5-20(24-21)26-9-11-27-12-10-26/h3-5,7,13,19H,6,8-12,14-15H2,1-2H3,(H,22,23,24). The summed E-state index contributed by atoms with van der Waals surface area (Å²) in [6, 6.07) is 9.10. The molecular formula is C21H29N5O. The predicted molar refractivity (Wildman–Crippen MR) is 108 cm³/mol. The fourth-order valence-corrected chi connectivity index (χ4v) is 3.88. The zero-order valence-corrected chi connectivity index (χ0v) is 16.3. The summed E-state index contributed by atoms with van der Waals surface area (Å²) in [4.78, 5) is 13.9. The zero-order chi connectivity index (χ0) is 18.6. The topological polar surface area (TPSA) is 53.5 Å². The van der Waals surface area contributed by atoms with Gasteiger partial charge in [0.25, 0.3) is 0 Å². The highest BCUT2D eigenvalue weighted by molar-refractivity contribution is 5.43. The molecule has 6 nitrogen and oxygen atoms in total. The molecule has 144 valence electrons. The van der Waals surface area contributed by atoms with Crippen LogP contribution in [-0.4, -0.2) is 60.3 Å². The summed E-state index contributed by atoms with van der Waals surface area (Å²) >= 11 is 0. The van der Waals surface area contributed by atoms with E-state index >= 15 is 0 Å². The number of hydrogen-bond donors (Lipinski definition) is 1. The molecule has 2 saturated heterocycles. The maximum absolute atomic E-state index is 5.43. The smallest absolute Gasteiger partial charge is 0.224 e. The average molecular weight is 367 g/mol. The number of aromatic nitrogens is 2. The summed E-state index contributed by atoms with van der Waals surface area (Å²) in [6.07, 6.45) is 2.97. The minimum atomic E-state index is 0.398. The second kappa shape index (κ2) is 8.23. The van der Waals surface area contributed by atoms with Crippen LogP contribution in [0.5, 0.6) is 0 Å². The summed E-state index contributed by atoms with van der Waals surface area (Å²) in [5, 5.41) is 3.54. The molecule has 0 spiro atoms. The third kappa shape index (κ3) is 4.57. The molecule has 0 aliphatic carbocycles. The van der Waals surface area contributed by atoms with E-state index < -0.39 is 0 Å². The van der Waals surface area contributed by atoms with Crippen molar-refractivity contribution >= 4 is 11.8 Å². The Balaban J connectivity index is 1.35. The van der Waals surface area contributed by atoms with Crippen molar-refractivity contribution in [2.24, 2.45) is 0 Å². The lowest BCUT2D eigenvalue weighted by atomic mass is 10.1. The van der Waals surface area contributed by atoms with E-state index in [9.17, 15) is 0 Å². The van der Waals surface area contributed by atoms with Crippen LogP contribution < -0.4 is 10.2 Å². The van der Waals surface area contributed by atoms with Crippen LogP contribution in [0.2, 0.25) is 0 Å². The number of ether oxygens (including phenoxy) is 1. The molecule has 1 atom stereocenters. The second-order valence-corrected chi connectivity index (χ2v) is 7.63. The van der Waals surface area contributed by atoms with Crippen molar-refractivity contribution in [1.29, 1.82) is 0 Å². The van der Waals surface area contributed by atoms with Crippen LogP contribution in [0.4, 0.5) is 11.8 Å². The molecule has 4 rings (SSSR count). The summed E-state index contributed by atoms with van der Waals surface area (Å²) in [5.41, 5.74) is 4.14. The van der Waals surface area contributed by atoms with Gasteiger partial charge in [0.05, 0.1) is 13.2 Å². The molecule has 1 aromatic heterocycles. The maximum atomic E-state index is 5.43. The fourth-order valence-electron chi connectivity index (χ4n) is 3.88. The molecule has 0 saturated carbocycles. The Labute approximate surface area is 161 Å².